The number of hydrogen-bond donors (Lipinski definition) is 2. The first-order valence-corrected chi connectivity index (χ1v) is 17.0. The highest BCUT2D eigenvalue weighted by Gasteiger charge is 2.75. The van der Waals surface area contributed by atoms with Crippen LogP contribution in [-0.4, -0.2) is 98.0 Å². The van der Waals surface area contributed by atoms with Gasteiger partial charge in [0.25, 0.3) is 5.91 Å². The Hall–Kier alpha value is -4.52. The van der Waals surface area contributed by atoms with Crippen LogP contribution in [0.4, 0.5) is 5.69 Å². The van der Waals surface area contributed by atoms with Crippen molar-refractivity contribution < 1.29 is 43.2 Å². The number of carbonyl (C=O) groups is 4. The average Bonchev–Trinajstić information content (AvgIpc) is 3.78. The normalized spacial score (nSPS) is 24.6. The summed E-state index contributed by atoms with van der Waals surface area (Å²) < 4.78 is 23.6. The number of carbonyl (C=O) groups excluding carboxylic acids is 4. The number of aliphatic hydroxyl groups is 1. The van der Waals surface area contributed by atoms with Crippen LogP contribution in [0.1, 0.15) is 43.8 Å². The topological polar surface area (TPSA) is 144 Å². The highest BCUT2D eigenvalue weighted by Crippen LogP contribution is 2.59. The third-order valence-electron chi connectivity index (χ3n) is 9.83. The minimum absolute atomic E-state index is 0.0551. The Morgan fingerprint density at radius 1 is 1.12 bits per heavy atom. The molecule has 12 heteroatoms. The fourth-order valence-electron chi connectivity index (χ4n) is 7.67. The Balaban J connectivity index is 1.48. The number of ether oxygens (including phenoxy) is 4. The molecule has 50 heavy (non-hydrogen) atoms. The maximum absolute atomic E-state index is 14.6. The number of esters is 1. The largest absolute Gasteiger partial charge is 0.497 e. The number of nitrogens with zero attached hydrogens (tertiary/aromatic N) is 2. The van der Waals surface area contributed by atoms with Crippen molar-refractivity contribution in [1.29, 1.82) is 0 Å². The number of anilines is 1. The van der Waals surface area contributed by atoms with Gasteiger partial charge in [-0.25, -0.2) is 0 Å². The number of aliphatic hydroxyl groups excluding tert-OH is 1. The van der Waals surface area contributed by atoms with Crippen LogP contribution in [0, 0.1) is 11.8 Å². The van der Waals surface area contributed by atoms with Crippen molar-refractivity contribution in [2.24, 2.45) is 11.8 Å². The molecule has 3 aliphatic rings. The lowest BCUT2D eigenvalue weighted by molar-refractivity contribution is -0.163. The quantitative estimate of drug-likeness (QED) is 0.178. The molecule has 12 nitrogen and oxygen atoms in total. The van der Waals surface area contributed by atoms with Gasteiger partial charge in [-0.15, -0.1) is 13.2 Å². The van der Waals surface area contributed by atoms with Crippen LogP contribution in [0.25, 0.3) is 0 Å². The van der Waals surface area contributed by atoms with E-state index in [0.29, 0.717) is 36.3 Å². The number of methoxy groups -OCH3 is 2. The molecule has 3 saturated heterocycles. The van der Waals surface area contributed by atoms with E-state index in [-0.39, 0.29) is 51.0 Å². The summed E-state index contributed by atoms with van der Waals surface area (Å²) in [7, 11) is 3.05. The number of likely N-dealkylation sites (tertiary alicyclic amines) is 1. The predicted octanol–water partition coefficient (Wildman–Crippen LogP) is 3.35. The van der Waals surface area contributed by atoms with E-state index < -0.39 is 53.6 Å². The van der Waals surface area contributed by atoms with E-state index in [4.69, 9.17) is 18.9 Å². The summed E-state index contributed by atoms with van der Waals surface area (Å²) in [4.78, 5) is 59.3. The summed E-state index contributed by atoms with van der Waals surface area (Å²) in [5.41, 5.74) is -0.0593. The van der Waals surface area contributed by atoms with Gasteiger partial charge in [0.1, 0.15) is 23.5 Å². The second-order valence-electron chi connectivity index (χ2n) is 12.8. The van der Waals surface area contributed by atoms with E-state index in [0.717, 1.165) is 0 Å². The molecule has 2 N–H and O–H groups in total. The smallest absolute Gasteiger partial charge is 0.313 e. The summed E-state index contributed by atoms with van der Waals surface area (Å²) in [5, 5.41) is 12.7. The van der Waals surface area contributed by atoms with E-state index >= 15 is 0 Å². The molecule has 1 spiro atoms. The highest BCUT2D eigenvalue weighted by atomic mass is 16.6. The van der Waals surface area contributed by atoms with Crippen LogP contribution in [0.3, 0.4) is 0 Å². The lowest BCUT2D eigenvalue weighted by Crippen LogP contribution is -2.56. The van der Waals surface area contributed by atoms with Crippen molar-refractivity contribution in [1.82, 2.24) is 10.2 Å². The van der Waals surface area contributed by atoms with Gasteiger partial charge in [0.05, 0.1) is 37.7 Å². The second-order valence-corrected chi connectivity index (χ2v) is 12.8. The van der Waals surface area contributed by atoms with E-state index in [9.17, 15) is 24.3 Å². The molecule has 0 saturated carbocycles. The van der Waals surface area contributed by atoms with Gasteiger partial charge in [-0.05, 0) is 55.5 Å². The number of fused-ring (bicyclic) bond motifs is 1. The molecule has 2 aromatic rings. The molecule has 3 aliphatic heterocycles. The molecule has 0 radical (unpaired) electrons. The maximum atomic E-state index is 14.6. The zero-order valence-corrected chi connectivity index (χ0v) is 28.7. The fraction of sp³-hybridized carbons (Fsp3) is 0.474. The van der Waals surface area contributed by atoms with E-state index in [1.54, 1.807) is 60.6 Å². The summed E-state index contributed by atoms with van der Waals surface area (Å²) >= 11 is 0. The van der Waals surface area contributed by atoms with Crippen molar-refractivity contribution in [3.8, 4) is 5.75 Å². The lowest BCUT2D eigenvalue weighted by Gasteiger charge is -2.36. The number of hydrogen-bond acceptors (Lipinski definition) is 9. The van der Waals surface area contributed by atoms with Crippen LogP contribution in [-0.2, 0) is 33.4 Å². The molecule has 3 amide bonds. The molecule has 2 bridgehead atoms. The van der Waals surface area contributed by atoms with Crippen LogP contribution >= 0.6 is 0 Å². The van der Waals surface area contributed by atoms with Crippen molar-refractivity contribution in [2.75, 3.05) is 45.4 Å². The minimum Gasteiger partial charge on any atom is -0.497 e. The van der Waals surface area contributed by atoms with Crippen molar-refractivity contribution in [3.05, 3.63) is 85.5 Å². The molecule has 2 aromatic carbocycles. The standard InChI is InChI=1S/C38H47N3O9/c1-5-7-14-30(43)39-28(24-47-3)33(25-12-9-8-10-13-25)49-37(46)31-29-19-20-38(50-29)32(31)35(44)41(22-11-23-42)34(38)36(45)40(21-6-2)26-15-17-27(48-4)18-16-26/h5-6,8-10,12-13,15-18,28-29,31-34,42H,1-2,7,11,14,19-24H2,3-4H3,(H,39,43)/t28-,29+,31-,32-,33-,34+,38-/m0/s1. The van der Waals surface area contributed by atoms with E-state index in [1.165, 1.54) is 12.0 Å². The van der Waals surface area contributed by atoms with Gasteiger partial charge >= 0.3 is 5.97 Å². The van der Waals surface area contributed by atoms with E-state index in [2.05, 4.69) is 18.5 Å². The zero-order valence-electron chi connectivity index (χ0n) is 28.7. The summed E-state index contributed by atoms with van der Waals surface area (Å²) in [6, 6.07) is 14.3. The molecule has 7 atom stereocenters. The molecular formula is C38H47N3O9. The number of amides is 3. The Morgan fingerprint density at radius 2 is 1.86 bits per heavy atom. The van der Waals surface area contributed by atoms with Crippen LogP contribution in [0.5, 0.6) is 5.75 Å². The number of benzene rings is 2. The number of nitrogens with one attached hydrogen (secondary N) is 1. The molecule has 268 valence electrons. The molecule has 3 heterocycles. The van der Waals surface area contributed by atoms with Gasteiger partial charge in [0.15, 0.2) is 0 Å². The van der Waals surface area contributed by atoms with Crippen molar-refractivity contribution in [3.63, 3.8) is 0 Å². The predicted molar refractivity (Wildman–Crippen MR) is 185 cm³/mol. The number of rotatable bonds is 18. The monoisotopic (exact) mass is 689 g/mol. The SMILES string of the molecule is C=CCCC(=O)N[C@@H](COC)[C@@H](OC(=O)[C@@H]1[C@H]2C(=O)N(CCCO)[C@H](C(=O)N(CC=C)c3ccc(OC)cc3)[C@]23CC[C@H]1O3)c1ccccc1. The Labute approximate surface area is 293 Å². The average molecular weight is 690 g/mol. The second kappa shape index (κ2) is 16.5. The first-order chi connectivity index (χ1) is 24.2. The van der Waals surface area contributed by atoms with E-state index in [1.807, 2.05) is 18.2 Å². The molecular weight excluding hydrogens is 642 g/mol. The van der Waals surface area contributed by atoms with Gasteiger partial charge < -0.3 is 39.2 Å². The number of allylic oxidation sites excluding steroid dienone is 1. The Bertz CT molecular complexity index is 1530. The summed E-state index contributed by atoms with van der Waals surface area (Å²) in [6.45, 7) is 7.66. The van der Waals surface area contributed by atoms with Crippen LogP contribution in [0.15, 0.2) is 79.9 Å². The maximum Gasteiger partial charge on any atom is 0.313 e. The molecule has 0 aromatic heterocycles. The molecule has 3 fully saturated rings. The van der Waals surface area contributed by atoms with Crippen LogP contribution in [0.2, 0.25) is 0 Å². The molecule has 0 aliphatic carbocycles. The first-order valence-electron chi connectivity index (χ1n) is 17.0. The van der Waals surface area contributed by atoms with Gasteiger partial charge in [-0.2, -0.15) is 0 Å². The third-order valence-corrected chi connectivity index (χ3v) is 9.83. The Kier molecular flexibility index (Phi) is 12.1. The fourth-order valence-corrected chi connectivity index (χ4v) is 7.67. The van der Waals surface area contributed by atoms with Gasteiger partial charge in [-0.1, -0.05) is 42.5 Å². The third kappa shape index (κ3) is 7.19. The minimum atomic E-state index is -1.28. The lowest BCUT2D eigenvalue weighted by atomic mass is 9.70. The van der Waals surface area contributed by atoms with Crippen LogP contribution < -0.4 is 15.0 Å². The van der Waals surface area contributed by atoms with Gasteiger partial charge in [0, 0.05) is 38.9 Å². The summed E-state index contributed by atoms with van der Waals surface area (Å²) in [5.74, 6) is -3.03. The Morgan fingerprint density at radius 3 is 2.50 bits per heavy atom. The zero-order chi connectivity index (χ0) is 35.8. The van der Waals surface area contributed by atoms with Gasteiger partial charge in [0.2, 0.25) is 11.8 Å². The summed E-state index contributed by atoms with van der Waals surface area (Å²) in [6.07, 6.45) is 3.42. The molecule has 5 rings (SSSR count). The van der Waals surface area contributed by atoms with Crippen molar-refractivity contribution in [2.45, 2.75) is 62.0 Å². The van der Waals surface area contributed by atoms with Crippen molar-refractivity contribution >= 4 is 29.4 Å². The molecule has 0 unspecified atom stereocenters. The first kappa shape index (κ1) is 36.8. The highest BCUT2D eigenvalue weighted by molar-refractivity contribution is 6.04. The van der Waals surface area contributed by atoms with Gasteiger partial charge in [-0.3, -0.25) is 19.2 Å².